The Labute approximate surface area is 87.3 Å². The van der Waals surface area contributed by atoms with Crippen LogP contribution in [-0.4, -0.2) is 21.2 Å². The van der Waals surface area contributed by atoms with Gasteiger partial charge in [0.05, 0.1) is 18.8 Å². The third kappa shape index (κ3) is 2.57. The quantitative estimate of drug-likeness (QED) is 0.391. The zero-order valence-corrected chi connectivity index (χ0v) is 8.44. The van der Waals surface area contributed by atoms with Gasteiger partial charge in [-0.1, -0.05) is 0 Å². The number of hydrogen-bond donors (Lipinski definition) is 4. The average Bonchev–Trinajstić information content (AvgIpc) is 2.19. The molecule has 0 spiro atoms. The molecule has 0 aliphatic heterocycles. The van der Waals surface area contributed by atoms with E-state index in [1.807, 2.05) is 0 Å². The molecule has 1 rings (SSSR count). The van der Waals surface area contributed by atoms with Gasteiger partial charge >= 0.3 is 0 Å². The van der Waals surface area contributed by atoms with E-state index in [4.69, 9.17) is 16.6 Å². The summed E-state index contributed by atoms with van der Waals surface area (Å²) in [6.45, 7) is 1.57. The fraction of sp³-hybridized carbons (Fsp3) is 0.333. The van der Waals surface area contributed by atoms with E-state index in [-0.39, 0.29) is 24.9 Å². The molecule has 1 heterocycles. The first kappa shape index (κ1) is 11.3. The number of pyridine rings is 1. The number of aromatic nitrogens is 1. The molecule has 82 valence electrons. The second-order valence-electron chi connectivity index (χ2n) is 3.10. The highest BCUT2D eigenvalue weighted by Gasteiger charge is 2.10. The molecule has 0 aliphatic rings. The molecule has 0 amide bonds. The van der Waals surface area contributed by atoms with Crippen molar-refractivity contribution >= 4 is 5.96 Å². The predicted molar refractivity (Wildman–Crippen MR) is 56.1 cm³/mol. The minimum Gasteiger partial charge on any atom is -0.506 e. The molecule has 0 unspecified atom stereocenters. The Balaban J connectivity index is 3.08. The first-order chi connectivity index (χ1) is 7.06. The number of rotatable bonds is 3. The molecule has 0 atom stereocenters. The third-order valence-corrected chi connectivity index (χ3v) is 2.02. The van der Waals surface area contributed by atoms with Gasteiger partial charge in [0.15, 0.2) is 5.96 Å². The summed E-state index contributed by atoms with van der Waals surface area (Å²) >= 11 is 0. The molecule has 1 aromatic rings. The first-order valence-electron chi connectivity index (χ1n) is 4.38. The number of aryl methyl sites for hydroxylation is 1. The van der Waals surface area contributed by atoms with Gasteiger partial charge in [0.1, 0.15) is 5.75 Å². The lowest BCUT2D eigenvalue weighted by Gasteiger charge is -2.08. The van der Waals surface area contributed by atoms with Crippen molar-refractivity contribution < 1.29 is 10.2 Å². The van der Waals surface area contributed by atoms with Gasteiger partial charge in [-0.05, 0) is 6.92 Å². The molecule has 1 aromatic heterocycles. The van der Waals surface area contributed by atoms with Crippen LogP contribution in [0.1, 0.15) is 16.8 Å². The Bertz CT molecular complexity index is 386. The average molecular weight is 210 g/mol. The van der Waals surface area contributed by atoms with Crippen LogP contribution < -0.4 is 11.5 Å². The van der Waals surface area contributed by atoms with Crippen LogP contribution in [0.5, 0.6) is 5.75 Å². The predicted octanol–water partition coefficient (Wildman–Crippen LogP) is -0.639. The van der Waals surface area contributed by atoms with Crippen molar-refractivity contribution in [3.8, 4) is 5.75 Å². The van der Waals surface area contributed by atoms with E-state index in [2.05, 4.69) is 9.98 Å². The number of hydrogen-bond acceptors (Lipinski definition) is 4. The van der Waals surface area contributed by atoms with Crippen molar-refractivity contribution in [2.24, 2.45) is 16.5 Å². The van der Waals surface area contributed by atoms with Crippen LogP contribution in [0.2, 0.25) is 0 Å². The lowest BCUT2D eigenvalue weighted by molar-refractivity contribution is 0.273. The second kappa shape index (κ2) is 4.61. The largest absolute Gasteiger partial charge is 0.506 e. The van der Waals surface area contributed by atoms with Crippen LogP contribution in [-0.2, 0) is 13.2 Å². The summed E-state index contributed by atoms with van der Waals surface area (Å²) in [4.78, 5) is 7.74. The highest BCUT2D eigenvalue weighted by Crippen LogP contribution is 2.23. The summed E-state index contributed by atoms with van der Waals surface area (Å²) in [6, 6.07) is 0. The van der Waals surface area contributed by atoms with Gasteiger partial charge in [-0.25, -0.2) is 4.99 Å². The molecule has 6 heteroatoms. The van der Waals surface area contributed by atoms with E-state index in [9.17, 15) is 5.11 Å². The monoisotopic (exact) mass is 210 g/mol. The van der Waals surface area contributed by atoms with E-state index < -0.39 is 0 Å². The normalized spacial score (nSPS) is 10.0. The maximum atomic E-state index is 9.61. The van der Waals surface area contributed by atoms with Crippen molar-refractivity contribution in [1.29, 1.82) is 0 Å². The third-order valence-electron chi connectivity index (χ3n) is 2.02. The van der Waals surface area contributed by atoms with Crippen LogP contribution in [0.15, 0.2) is 11.2 Å². The van der Waals surface area contributed by atoms with Gasteiger partial charge in [0, 0.05) is 17.3 Å². The molecule has 0 saturated heterocycles. The molecule has 0 radical (unpaired) electrons. The van der Waals surface area contributed by atoms with Crippen LogP contribution in [0.3, 0.4) is 0 Å². The maximum Gasteiger partial charge on any atom is 0.186 e. The minimum atomic E-state index is -0.273. The summed E-state index contributed by atoms with van der Waals surface area (Å²) < 4.78 is 0. The summed E-state index contributed by atoms with van der Waals surface area (Å²) in [5.41, 5.74) is 11.8. The highest BCUT2D eigenvalue weighted by atomic mass is 16.3. The number of nitrogens with zero attached hydrogens (tertiary/aromatic N) is 2. The van der Waals surface area contributed by atoms with E-state index in [1.54, 1.807) is 6.92 Å². The lowest BCUT2D eigenvalue weighted by Crippen LogP contribution is -2.22. The molecular weight excluding hydrogens is 196 g/mol. The molecule has 0 aromatic carbocycles. The van der Waals surface area contributed by atoms with E-state index >= 15 is 0 Å². The molecule has 6 nitrogen and oxygen atoms in total. The topological polar surface area (TPSA) is 118 Å². The van der Waals surface area contributed by atoms with Gasteiger partial charge in [-0.2, -0.15) is 0 Å². The number of guanidine groups is 1. The molecular formula is C9H14N4O2. The summed E-state index contributed by atoms with van der Waals surface area (Å²) in [7, 11) is 0. The summed E-state index contributed by atoms with van der Waals surface area (Å²) in [6.07, 6.45) is 1.53. The zero-order chi connectivity index (χ0) is 11.4. The summed E-state index contributed by atoms with van der Waals surface area (Å²) in [5.74, 6) is -0.0558. The molecule has 6 N–H and O–H groups in total. The van der Waals surface area contributed by atoms with E-state index in [0.717, 1.165) is 0 Å². The molecule has 0 bridgehead atoms. The smallest absolute Gasteiger partial charge is 0.186 e. The van der Waals surface area contributed by atoms with Crippen molar-refractivity contribution in [3.05, 3.63) is 23.0 Å². The van der Waals surface area contributed by atoms with Gasteiger partial charge < -0.3 is 21.7 Å². The fourth-order valence-corrected chi connectivity index (χ4v) is 1.17. The molecule has 0 saturated carbocycles. The zero-order valence-electron chi connectivity index (χ0n) is 8.44. The number of aliphatic hydroxyl groups excluding tert-OH is 1. The van der Waals surface area contributed by atoms with Crippen LogP contribution in [0.4, 0.5) is 0 Å². The van der Waals surface area contributed by atoms with Crippen molar-refractivity contribution in [1.82, 2.24) is 4.98 Å². The van der Waals surface area contributed by atoms with E-state index in [0.29, 0.717) is 16.8 Å². The summed E-state index contributed by atoms with van der Waals surface area (Å²) in [5, 5.41) is 18.7. The number of aromatic hydroxyl groups is 1. The van der Waals surface area contributed by atoms with Crippen molar-refractivity contribution in [3.63, 3.8) is 0 Å². The maximum absolute atomic E-state index is 9.61. The highest BCUT2D eigenvalue weighted by molar-refractivity contribution is 5.75. The Morgan fingerprint density at radius 2 is 2.20 bits per heavy atom. The second-order valence-corrected chi connectivity index (χ2v) is 3.10. The number of nitrogens with two attached hydrogens (primary N) is 2. The Morgan fingerprint density at radius 3 is 2.73 bits per heavy atom. The van der Waals surface area contributed by atoms with Crippen molar-refractivity contribution in [2.45, 2.75) is 20.1 Å². The van der Waals surface area contributed by atoms with Crippen molar-refractivity contribution in [2.75, 3.05) is 0 Å². The molecule has 15 heavy (non-hydrogen) atoms. The standard InChI is InChI=1S/C9H14N4O2/c1-5-8(15)7(4-14)6(2-12-5)3-13-9(10)11/h2,14-15H,3-4H2,1H3,(H4,10,11,13). The van der Waals surface area contributed by atoms with Crippen LogP contribution >= 0.6 is 0 Å². The van der Waals surface area contributed by atoms with Gasteiger partial charge in [-0.15, -0.1) is 0 Å². The molecule has 0 aliphatic carbocycles. The lowest BCUT2D eigenvalue weighted by atomic mass is 10.1. The Kier molecular flexibility index (Phi) is 3.46. The van der Waals surface area contributed by atoms with Gasteiger partial charge in [0.25, 0.3) is 0 Å². The SMILES string of the molecule is Cc1ncc(CN=C(N)N)c(CO)c1O. The Hall–Kier alpha value is -1.82. The van der Waals surface area contributed by atoms with Crippen LogP contribution in [0, 0.1) is 6.92 Å². The first-order valence-corrected chi connectivity index (χ1v) is 4.38. The van der Waals surface area contributed by atoms with Gasteiger partial charge in [0.2, 0.25) is 0 Å². The van der Waals surface area contributed by atoms with Crippen LogP contribution in [0.25, 0.3) is 0 Å². The van der Waals surface area contributed by atoms with Gasteiger partial charge in [-0.3, -0.25) is 4.98 Å². The molecule has 0 fully saturated rings. The number of aliphatic hydroxyl groups is 1. The minimum absolute atomic E-state index is 0.0132. The van der Waals surface area contributed by atoms with E-state index in [1.165, 1.54) is 6.20 Å². The number of aliphatic imine (C=N–C) groups is 1. The fourth-order valence-electron chi connectivity index (χ4n) is 1.17. The Morgan fingerprint density at radius 1 is 1.53 bits per heavy atom.